The number of nitrogens with two attached hydrogens (primary N) is 1. The summed E-state index contributed by atoms with van der Waals surface area (Å²) in [6, 6.07) is 7.86. The van der Waals surface area contributed by atoms with E-state index in [9.17, 15) is 0 Å². The van der Waals surface area contributed by atoms with Crippen LogP contribution in [0, 0.1) is 11.3 Å². The Labute approximate surface area is 108 Å². The summed E-state index contributed by atoms with van der Waals surface area (Å²) >= 11 is 3.49. The van der Waals surface area contributed by atoms with Crippen LogP contribution in [0.15, 0.2) is 35.1 Å². The molecule has 2 rings (SSSR count). The standard InChI is InChI=1S/C12H11BrN4/c1-8(15)9-2-3-11(10(13)6-9)17-5-4-16-12(17)7-14/h2-6,8H,15H2,1H3/t8-/m0/s1. The van der Waals surface area contributed by atoms with E-state index in [2.05, 4.69) is 20.9 Å². The van der Waals surface area contributed by atoms with Gasteiger partial charge in [0.25, 0.3) is 0 Å². The van der Waals surface area contributed by atoms with Crippen molar-refractivity contribution < 1.29 is 0 Å². The van der Waals surface area contributed by atoms with Gasteiger partial charge in [0.1, 0.15) is 6.07 Å². The Balaban J connectivity index is 2.51. The van der Waals surface area contributed by atoms with E-state index < -0.39 is 0 Å². The van der Waals surface area contributed by atoms with Gasteiger partial charge in [-0.3, -0.25) is 4.57 Å². The van der Waals surface area contributed by atoms with Gasteiger partial charge in [-0.15, -0.1) is 0 Å². The normalized spacial score (nSPS) is 12.1. The summed E-state index contributed by atoms with van der Waals surface area (Å²) in [6.45, 7) is 1.93. The first-order chi connectivity index (χ1) is 8.13. The highest BCUT2D eigenvalue weighted by molar-refractivity contribution is 9.10. The molecule has 1 heterocycles. The molecule has 17 heavy (non-hydrogen) atoms. The molecular weight excluding hydrogens is 280 g/mol. The molecule has 0 amide bonds. The van der Waals surface area contributed by atoms with Gasteiger partial charge in [0.2, 0.25) is 5.82 Å². The Bertz CT molecular complexity index is 580. The Morgan fingerprint density at radius 3 is 2.88 bits per heavy atom. The molecule has 1 atom stereocenters. The Kier molecular flexibility index (Phi) is 3.27. The van der Waals surface area contributed by atoms with Crippen LogP contribution >= 0.6 is 15.9 Å². The van der Waals surface area contributed by atoms with Crippen LogP contribution in [0.25, 0.3) is 5.69 Å². The minimum Gasteiger partial charge on any atom is -0.324 e. The molecule has 0 bridgehead atoms. The lowest BCUT2D eigenvalue weighted by atomic mass is 10.1. The molecule has 2 N–H and O–H groups in total. The number of halogens is 1. The van der Waals surface area contributed by atoms with E-state index in [1.54, 1.807) is 17.0 Å². The third-order valence-corrected chi connectivity index (χ3v) is 3.13. The largest absolute Gasteiger partial charge is 0.324 e. The van der Waals surface area contributed by atoms with Crippen LogP contribution in [0.1, 0.15) is 24.4 Å². The van der Waals surface area contributed by atoms with Crippen molar-refractivity contribution >= 4 is 15.9 Å². The van der Waals surface area contributed by atoms with Gasteiger partial charge in [-0.2, -0.15) is 5.26 Å². The van der Waals surface area contributed by atoms with E-state index in [1.807, 2.05) is 31.2 Å². The summed E-state index contributed by atoms with van der Waals surface area (Å²) < 4.78 is 2.62. The zero-order chi connectivity index (χ0) is 12.4. The number of imidazole rings is 1. The van der Waals surface area contributed by atoms with Crippen molar-refractivity contribution in [1.29, 1.82) is 5.26 Å². The highest BCUT2D eigenvalue weighted by Crippen LogP contribution is 2.25. The third kappa shape index (κ3) is 2.23. The van der Waals surface area contributed by atoms with Gasteiger partial charge in [-0.25, -0.2) is 4.98 Å². The van der Waals surface area contributed by atoms with E-state index >= 15 is 0 Å². The molecule has 0 saturated carbocycles. The molecule has 1 aromatic heterocycles. The van der Waals surface area contributed by atoms with Crippen LogP contribution in [0.5, 0.6) is 0 Å². The number of hydrogen-bond acceptors (Lipinski definition) is 3. The smallest absolute Gasteiger partial charge is 0.217 e. The zero-order valence-corrected chi connectivity index (χ0v) is 10.8. The maximum absolute atomic E-state index is 8.93. The van der Waals surface area contributed by atoms with E-state index in [-0.39, 0.29) is 6.04 Å². The molecule has 0 fully saturated rings. The van der Waals surface area contributed by atoms with Crippen LogP contribution in [-0.2, 0) is 0 Å². The lowest BCUT2D eigenvalue weighted by Gasteiger charge is -2.10. The number of nitriles is 1. The first-order valence-electron chi connectivity index (χ1n) is 5.12. The maximum Gasteiger partial charge on any atom is 0.217 e. The van der Waals surface area contributed by atoms with Crippen molar-refractivity contribution in [2.75, 3.05) is 0 Å². The molecule has 0 aliphatic rings. The fraction of sp³-hybridized carbons (Fsp3) is 0.167. The number of rotatable bonds is 2. The molecular formula is C12H11BrN4. The average molecular weight is 291 g/mol. The summed E-state index contributed by atoms with van der Waals surface area (Å²) in [7, 11) is 0. The molecule has 1 aromatic carbocycles. The number of hydrogen-bond donors (Lipinski definition) is 1. The van der Waals surface area contributed by atoms with Gasteiger partial charge in [0.05, 0.1) is 5.69 Å². The minimum atomic E-state index is -0.0152. The second-order valence-electron chi connectivity index (χ2n) is 3.73. The van der Waals surface area contributed by atoms with Crippen LogP contribution in [0.3, 0.4) is 0 Å². The third-order valence-electron chi connectivity index (χ3n) is 2.50. The molecule has 0 radical (unpaired) electrons. The molecule has 0 saturated heterocycles. The fourth-order valence-electron chi connectivity index (χ4n) is 1.58. The number of aromatic nitrogens is 2. The molecule has 5 heteroatoms. The van der Waals surface area contributed by atoms with E-state index in [1.165, 1.54) is 0 Å². The van der Waals surface area contributed by atoms with Crippen molar-refractivity contribution in [2.45, 2.75) is 13.0 Å². The molecule has 4 nitrogen and oxygen atoms in total. The topological polar surface area (TPSA) is 67.6 Å². The average Bonchev–Trinajstić information content (AvgIpc) is 2.76. The molecule has 0 unspecified atom stereocenters. The van der Waals surface area contributed by atoms with E-state index in [0.29, 0.717) is 5.82 Å². The second-order valence-corrected chi connectivity index (χ2v) is 4.59. The lowest BCUT2D eigenvalue weighted by molar-refractivity contribution is 0.816. The van der Waals surface area contributed by atoms with Gasteiger partial charge in [0.15, 0.2) is 0 Å². The molecule has 2 aromatic rings. The maximum atomic E-state index is 8.93. The first kappa shape index (κ1) is 11.8. The quantitative estimate of drug-likeness (QED) is 0.924. The highest BCUT2D eigenvalue weighted by Gasteiger charge is 2.09. The van der Waals surface area contributed by atoms with E-state index in [4.69, 9.17) is 11.0 Å². The summed E-state index contributed by atoms with van der Waals surface area (Å²) in [4.78, 5) is 3.97. The first-order valence-corrected chi connectivity index (χ1v) is 5.91. The number of benzene rings is 1. The van der Waals surface area contributed by atoms with Gasteiger partial charge >= 0.3 is 0 Å². The highest BCUT2D eigenvalue weighted by atomic mass is 79.9. The van der Waals surface area contributed by atoms with Crippen LogP contribution in [-0.4, -0.2) is 9.55 Å². The fourth-order valence-corrected chi connectivity index (χ4v) is 2.17. The molecule has 0 spiro atoms. The van der Waals surface area contributed by atoms with Crippen molar-refractivity contribution in [3.63, 3.8) is 0 Å². The molecule has 0 aliphatic carbocycles. The van der Waals surface area contributed by atoms with E-state index in [0.717, 1.165) is 15.7 Å². The Morgan fingerprint density at radius 2 is 2.29 bits per heavy atom. The summed E-state index contributed by atoms with van der Waals surface area (Å²) in [5.41, 5.74) is 7.73. The van der Waals surface area contributed by atoms with Gasteiger partial charge in [-0.1, -0.05) is 6.07 Å². The summed E-state index contributed by atoms with van der Waals surface area (Å²) in [5.74, 6) is 0.360. The predicted octanol–water partition coefficient (Wildman–Crippen LogP) is 2.53. The second kappa shape index (κ2) is 4.70. The monoisotopic (exact) mass is 290 g/mol. The minimum absolute atomic E-state index is 0.0152. The van der Waals surface area contributed by atoms with Gasteiger partial charge in [0, 0.05) is 22.9 Å². The van der Waals surface area contributed by atoms with Crippen LogP contribution in [0.2, 0.25) is 0 Å². The number of nitrogens with zero attached hydrogens (tertiary/aromatic N) is 3. The van der Waals surface area contributed by atoms with Crippen molar-refractivity contribution in [3.8, 4) is 11.8 Å². The SMILES string of the molecule is C[C@H](N)c1ccc(-n2ccnc2C#N)c(Br)c1. The van der Waals surface area contributed by atoms with Gasteiger partial charge in [-0.05, 0) is 40.5 Å². The predicted molar refractivity (Wildman–Crippen MR) is 68.6 cm³/mol. The van der Waals surface area contributed by atoms with Crippen LogP contribution in [0.4, 0.5) is 0 Å². The lowest BCUT2D eigenvalue weighted by Crippen LogP contribution is -2.06. The zero-order valence-electron chi connectivity index (χ0n) is 9.26. The summed E-state index contributed by atoms with van der Waals surface area (Å²) in [5, 5.41) is 8.93. The van der Waals surface area contributed by atoms with Crippen molar-refractivity contribution in [2.24, 2.45) is 5.73 Å². The molecule has 86 valence electrons. The Hall–Kier alpha value is -1.64. The van der Waals surface area contributed by atoms with Gasteiger partial charge < -0.3 is 5.73 Å². The molecule has 0 aliphatic heterocycles. The van der Waals surface area contributed by atoms with Crippen LogP contribution < -0.4 is 5.73 Å². The summed E-state index contributed by atoms with van der Waals surface area (Å²) in [6.07, 6.45) is 3.36. The van der Waals surface area contributed by atoms with Crippen molar-refractivity contribution in [1.82, 2.24) is 9.55 Å². The van der Waals surface area contributed by atoms with Crippen molar-refractivity contribution in [3.05, 3.63) is 46.5 Å². The Morgan fingerprint density at radius 1 is 1.53 bits per heavy atom.